The van der Waals surface area contributed by atoms with Gasteiger partial charge in [0.05, 0.1) is 12.2 Å². The molecule has 0 unspecified atom stereocenters. The molecule has 0 spiro atoms. The molecule has 0 saturated heterocycles. The maximum Gasteiger partial charge on any atom is 0.338 e. The lowest BCUT2D eigenvalue weighted by Gasteiger charge is -2.05. The summed E-state index contributed by atoms with van der Waals surface area (Å²) in [6.07, 6.45) is 9.96. The molecular weight excluding hydrogens is 252 g/mol. The van der Waals surface area contributed by atoms with Gasteiger partial charge in [-0.05, 0) is 43.5 Å². The van der Waals surface area contributed by atoms with E-state index >= 15 is 0 Å². The Morgan fingerprint density at radius 3 is 2.30 bits per heavy atom. The van der Waals surface area contributed by atoms with Gasteiger partial charge in [-0.1, -0.05) is 31.8 Å². The molecule has 1 aromatic carbocycles. The molecule has 20 heavy (non-hydrogen) atoms. The lowest BCUT2D eigenvalue weighted by Crippen LogP contribution is -2.06. The summed E-state index contributed by atoms with van der Waals surface area (Å²) in [4.78, 5) is 11.6. The van der Waals surface area contributed by atoms with Crippen molar-refractivity contribution < 1.29 is 14.6 Å². The lowest BCUT2D eigenvalue weighted by atomic mass is 10.1. The number of hydrogen-bond donors (Lipinski definition) is 1. The van der Waals surface area contributed by atoms with Crippen molar-refractivity contribution in [3.63, 3.8) is 0 Å². The van der Waals surface area contributed by atoms with Crippen LogP contribution in [0.2, 0.25) is 0 Å². The lowest BCUT2D eigenvalue weighted by molar-refractivity contribution is 0.0497. The standard InChI is InChI=1S/C17H24O3/c1-2-3-4-5-6-7-8-9-14-20-17(19)15-10-12-16(18)13-11-15/h2,10-13,18H,1,3-9,14H2. The molecule has 0 aliphatic carbocycles. The number of esters is 1. The molecule has 0 saturated carbocycles. The topological polar surface area (TPSA) is 46.5 Å². The van der Waals surface area contributed by atoms with E-state index in [1.807, 2.05) is 6.08 Å². The van der Waals surface area contributed by atoms with Crippen LogP contribution in [0, 0.1) is 0 Å². The second kappa shape index (κ2) is 10.1. The number of carbonyl (C=O) groups is 1. The van der Waals surface area contributed by atoms with E-state index in [4.69, 9.17) is 9.84 Å². The van der Waals surface area contributed by atoms with E-state index in [1.165, 1.54) is 37.8 Å². The molecule has 3 heteroatoms. The number of hydrogen-bond acceptors (Lipinski definition) is 3. The molecule has 1 aromatic rings. The van der Waals surface area contributed by atoms with Gasteiger partial charge in [-0.25, -0.2) is 4.79 Å². The second-order valence-corrected chi connectivity index (χ2v) is 4.88. The number of benzene rings is 1. The minimum Gasteiger partial charge on any atom is -0.508 e. The zero-order valence-electron chi connectivity index (χ0n) is 12.0. The van der Waals surface area contributed by atoms with E-state index in [0.29, 0.717) is 12.2 Å². The van der Waals surface area contributed by atoms with Crippen molar-refractivity contribution in [3.05, 3.63) is 42.5 Å². The molecular formula is C17H24O3. The average Bonchev–Trinajstić information content (AvgIpc) is 2.46. The summed E-state index contributed by atoms with van der Waals surface area (Å²) >= 11 is 0. The van der Waals surface area contributed by atoms with Gasteiger partial charge in [-0.2, -0.15) is 0 Å². The number of rotatable bonds is 10. The van der Waals surface area contributed by atoms with Crippen LogP contribution in [-0.4, -0.2) is 17.7 Å². The van der Waals surface area contributed by atoms with Crippen LogP contribution in [0.1, 0.15) is 55.3 Å². The van der Waals surface area contributed by atoms with E-state index in [0.717, 1.165) is 19.3 Å². The number of phenols is 1. The molecule has 0 aliphatic heterocycles. The van der Waals surface area contributed by atoms with Crippen LogP contribution >= 0.6 is 0 Å². The molecule has 3 nitrogen and oxygen atoms in total. The van der Waals surface area contributed by atoms with Crippen LogP contribution in [-0.2, 0) is 4.74 Å². The van der Waals surface area contributed by atoms with Crippen molar-refractivity contribution in [2.75, 3.05) is 6.61 Å². The summed E-state index contributed by atoms with van der Waals surface area (Å²) in [6.45, 7) is 4.17. The highest BCUT2D eigenvalue weighted by Gasteiger charge is 2.06. The molecule has 0 aliphatic rings. The van der Waals surface area contributed by atoms with Crippen LogP contribution in [0.3, 0.4) is 0 Å². The van der Waals surface area contributed by atoms with Crippen molar-refractivity contribution in [3.8, 4) is 5.75 Å². The Morgan fingerprint density at radius 2 is 1.65 bits per heavy atom. The van der Waals surface area contributed by atoms with Crippen molar-refractivity contribution in [2.24, 2.45) is 0 Å². The Labute approximate surface area is 121 Å². The Hall–Kier alpha value is -1.77. The minimum absolute atomic E-state index is 0.151. The summed E-state index contributed by atoms with van der Waals surface area (Å²) in [7, 11) is 0. The summed E-state index contributed by atoms with van der Waals surface area (Å²) < 4.78 is 5.18. The number of unbranched alkanes of at least 4 members (excludes halogenated alkanes) is 6. The first-order chi connectivity index (χ1) is 9.74. The van der Waals surface area contributed by atoms with Gasteiger partial charge in [-0.15, -0.1) is 6.58 Å². The number of ether oxygens (including phenoxy) is 1. The third kappa shape index (κ3) is 6.98. The van der Waals surface area contributed by atoms with Crippen LogP contribution in [0.4, 0.5) is 0 Å². The molecule has 1 N–H and O–H groups in total. The predicted molar refractivity (Wildman–Crippen MR) is 80.9 cm³/mol. The van der Waals surface area contributed by atoms with Gasteiger partial charge in [0.15, 0.2) is 0 Å². The fourth-order valence-corrected chi connectivity index (χ4v) is 1.94. The van der Waals surface area contributed by atoms with Gasteiger partial charge in [0, 0.05) is 0 Å². The van der Waals surface area contributed by atoms with Crippen LogP contribution in [0.5, 0.6) is 5.75 Å². The fraction of sp³-hybridized carbons (Fsp3) is 0.471. The number of aromatic hydroxyl groups is 1. The van der Waals surface area contributed by atoms with Gasteiger partial charge in [0.25, 0.3) is 0 Å². The fourth-order valence-electron chi connectivity index (χ4n) is 1.94. The van der Waals surface area contributed by atoms with E-state index in [9.17, 15) is 4.79 Å². The van der Waals surface area contributed by atoms with Crippen LogP contribution in [0.25, 0.3) is 0 Å². The Balaban J connectivity index is 2.02. The van der Waals surface area contributed by atoms with Gasteiger partial charge in [-0.3, -0.25) is 0 Å². The summed E-state index contributed by atoms with van der Waals surface area (Å²) in [5.74, 6) is -0.172. The summed E-state index contributed by atoms with van der Waals surface area (Å²) in [6, 6.07) is 6.11. The summed E-state index contributed by atoms with van der Waals surface area (Å²) in [5, 5.41) is 9.13. The zero-order valence-corrected chi connectivity index (χ0v) is 12.0. The Kier molecular flexibility index (Phi) is 8.20. The number of phenolic OH excluding ortho intramolecular Hbond substituents is 1. The highest BCUT2D eigenvalue weighted by Crippen LogP contribution is 2.11. The maximum absolute atomic E-state index is 11.6. The van der Waals surface area contributed by atoms with E-state index in [2.05, 4.69) is 6.58 Å². The average molecular weight is 276 g/mol. The Bertz CT molecular complexity index is 395. The molecule has 0 aromatic heterocycles. The van der Waals surface area contributed by atoms with Crippen LogP contribution < -0.4 is 0 Å². The highest BCUT2D eigenvalue weighted by molar-refractivity contribution is 5.89. The number of allylic oxidation sites excluding steroid dienone is 1. The summed E-state index contributed by atoms with van der Waals surface area (Å²) in [5.41, 5.74) is 0.479. The van der Waals surface area contributed by atoms with Crippen molar-refractivity contribution in [1.29, 1.82) is 0 Å². The monoisotopic (exact) mass is 276 g/mol. The minimum atomic E-state index is -0.323. The maximum atomic E-state index is 11.6. The van der Waals surface area contributed by atoms with Gasteiger partial charge in [0.1, 0.15) is 5.75 Å². The molecule has 0 amide bonds. The zero-order chi connectivity index (χ0) is 14.6. The molecule has 0 bridgehead atoms. The Morgan fingerprint density at radius 1 is 1.05 bits per heavy atom. The van der Waals surface area contributed by atoms with E-state index < -0.39 is 0 Å². The van der Waals surface area contributed by atoms with E-state index in [-0.39, 0.29) is 11.7 Å². The molecule has 0 fully saturated rings. The van der Waals surface area contributed by atoms with Crippen molar-refractivity contribution in [1.82, 2.24) is 0 Å². The molecule has 1 rings (SSSR count). The largest absolute Gasteiger partial charge is 0.508 e. The van der Waals surface area contributed by atoms with Gasteiger partial charge >= 0.3 is 5.97 Å². The molecule has 0 radical (unpaired) electrons. The van der Waals surface area contributed by atoms with Crippen molar-refractivity contribution in [2.45, 2.75) is 44.9 Å². The normalized spacial score (nSPS) is 10.2. The smallest absolute Gasteiger partial charge is 0.338 e. The third-order valence-electron chi connectivity index (χ3n) is 3.14. The van der Waals surface area contributed by atoms with E-state index in [1.54, 1.807) is 12.1 Å². The second-order valence-electron chi connectivity index (χ2n) is 4.88. The SMILES string of the molecule is C=CCCCCCCCCOC(=O)c1ccc(O)cc1. The van der Waals surface area contributed by atoms with Crippen molar-refractivity contribution >= 4 is 5.97 Å². The molecule has 0 heterocycles. The third-order valence-corrected chi connectivity index (χ3v) is 3.14. The van der Waals surface area contributed by atoms with Gasteiger partial charge in [0.2, 0.25) is 0 Å². The van der Waals surface area contributed by atoms with Crippen LogP contribution in [0.15, 0.2) is 36.9 Å². The first-order valence-corrected chi connectivity index (χ1v) is 7.31. The van der Waals surface area contributed by atoms with Gasteiger partial charge < -0.3 is 9.84 Å². The first kappa shape index (κ1) is 16.3. The molecule has 110 valence electrons. The molecule has 0 atom stereocenters. The highest BCUT2D eigenvalue weighted by atomic mass is 16.5. The quantitative estimate of drug-likeness (QED) is 0.390. The predicted octanol–water partition coefficient (Wildman–Crippen LogP) is 4.47. The first-order valence-electron chi connectivity index (χ1n) is 7.31. The number of carbonyl (C=O) groups excluding carboxylic acids is 1.